The van der Waals surface area contributed by atoms with E-state index in [9.17, 15) is 18.0 Å². The maximum absolute atomic E-state index is 13.4. The molecule has 0 aromatic heterocycles. The SMILES string of the molecule is CCCCNC(=O)[C@@H](C)N(Cc1ccc(OC)cc1)C(=O)CCCN(c1cc(C)ccc1C)S(C)(=O)=O. The van der Waals surface area contributed by atoms with Crippen molar-refractivity contribution in [3.05, 3.63) is 59.2 Å². The minimum absolute atomic E-state index is 0.111. The average molecular weight is 532 g/mol. The number of aryl methyl sites for hydroxylation is 2. The number of anilines is 1. The maximum atomic E-state index is 13.4. The van der Waals surface area contributed by atoms with Crippen LogP contribution in [0.1, 0.15) is 56.2 Å². The monoisotopic (exact) mass is 531 g/mol. The van der Waals surface area contributed by atoms with Crippen molar-refractivity contribution in [1.82, 2.24) is 10.2 Å². The van der Waals surface area contributed by atoms with E-state index in [2.05, 4.69) is 5.32 Å². The number of nitrogens with one attached hydrogen (secondary N) is 1. The molecule has 0 aliphatic carbocycles. The highest BCUT2D eigenvalue weighted by molar-refractivity contribution is 7.92. The Bertz CT molecular complexity index is 1150. The molecule has 1 N–H and O–H groups in total. The number of hydrogen-bond acceptors (Lipinski definition) is 5. The van der Waals surface area contributed by atoms with E-state index >= 15 is 0 Å². The van der Waals surface area contributed by atoms with Gasteiger partial charge in [-0.25, -0.2) is 8.42 Å². The molecular formula is C28H41N3O5S. The summed E-state index contributed by atoms with van der Waals surface area (Å²) >= 11 is 0. The van der Waals surface area contributed by atoms with Crippen LogP contribution in [0, 0.1) is 13.8 Å². The van der Waals surface area contributed by atoms with E-state index < -0.39 is 16.1 Å². The minimum atomic E-state index is -3.54. The minimum Gasteiger partial charge on any atom is -0.497 e. The summed E-state index contributed by atoms with van der Waals surface area (Å²) in [6.07, 6.45) is 3.43. The smallest absolute Gasteiger partial charge is 0.242 e. The van der Waals surface area contributed by atoms with Crippen LogP contribution in [0.5, 0.6) is 5.75 Å². The maximum Gasteiger partial charge on any atom is 0.242 e. The molecule has 8 nitrogen and oxygen atoms in total. The van der Waals surface area contributed by atoms with Crippen LogP contribution in [0.2, 0.25) is 0 Å². The van der Waals surface area contributed by atoms with E-state index in [-0.39, 0.29) is 31.3 Å². The van der Waals surface area contributed by atoms with Gasteiger partial charge in [0.2, 0.25) is 21.8 Å². The summed E-state index contributed by atoms with van der Waals surface area (Å²) in [5, 5.41) is 2.91. The van der Waals surface area contributed by atoms with Crippen molar-refractivity contribution in [2.75, 3.05) is 30.8 Å². The predicted octanol–water partition coefficient (Wildman–Crippen LogP) is 4.19. The number of hydrogen-bond donors (Lipinski definition) is 1. The second-order valence-corrected chi connectivity index (χ2v) is 11.3. The molecule has 0 unspecified atom stereocenters. The Hall–Kier alpha value is -3.07. The summed E-state index contributed by atoms with van der Waals surface area (Å²) in [5.41, 5.74) is 3.30. The van der Waals surface area contributed by atoms with Gasteiger partial charge in [-0.1, -0.05) is 37.6 Å². The van der Waals surface area contributed by atoms with E-state index in [0.29, 0.717) is 24.4 Å². The van der Waals surface area contributed by atoms with E-state index in [1.165, 1.54) is 10.6 Å². The number of rotatable bonds is 14. The van der Waals surface area contributed by atoms with E-state index in [1.807, 2.05) is 63.2 Å². The van der Waals surface area contributed by atoms with Gasteiger partial charge in [0, 0.05) is 26.1 Å². The zero-order chi connectivity index (χ0) is 27.6. The van der Waals surface area contributed by atoms with Gasteiger partial charge in [0.1, 0.15) is 11.8 Å². The fraction of sp³-hybridized carbons (Fsp3) is 0.500. The highest BCUT2D eigenvalue weighted by Crippen LogP contribution is 2.25. The first-order valence-corrected chi connectivity index (χ1v) is 14.6. The summed E-state index contributed by atoms with van der Waals surface area (Å²) < 4.78 is 31.8. The van der Waals surface area contributed by atoms with Crippen LogP contribution in [0.25, 0.3) is 0 Å². The normalized spacial score (nSPS) is 12.1. The van der Waals surface area contributed by atoms with Gasteiger partial charge in [0.25, 0.3) is 0 Å². The van der Waals surface area contributed by atoms with E-state index in [0.717, 1.165) is 29.5 Å². The van der Waals surface area contributed by atoms with Crippen molar-refractivity contribution >= 4 is 27.5 Å². The van der Waals surface area contributed by atoms with Crippen molar-refractivity contribution in [2.24, 2.45) is 0 Å². The number of sulfonamides is 1. The number of unbranched alkanes of at least 4 members (excludes halogenated alkanes) is 1. The third-order valence-electron chi connectivity index (χ3n) is 6.29. The molecule has 0 heterocycles. The van der Waals surface area contributed by atoms with Crippen molar-refractivity contribution < 1.29 is 22.7 Å². The van der Waals surface area contributed by atoms with Crippen molar-refractivity contribution in [2.45, 2.75) is 66.0 Å². The predicted molar refractivity (Wildman–Crippen MR) is 148 cm³/mol. The standard InChI is InChI=1S/C28H41N3O5S/c1-7-8-17-29-28(33)23(4)30(20-24-13-15-25(36-5)16-14-24)27(32)10-9-18-31(37(6,34)35)26-19-21(2)11-12-22(26)3/h11-16,19,23H,7-10,17-18,20H2,1-6H3,(H,29,33)/t23-/m1/s1. The van der Waals surface area contributed by atoms with Crippen LogP contribution < -0.4 is 14.4 Å². The highest BCUT2D eigenvalue weighted by Gasteiger charge is 2.27. The summed E-state index contributed by atoms with van der Waals surface area (Å²) in [4.78, 5) is 27.8. The lowest BCUT2D eigenvalue weighted by molar-refractivity contribution is -0.140. The molecule has 0 radical (unpaired) electrons. The molecule has 0 saturated heterocycles. The molecule has 0 aliphatic heterocycles. The lowest BCUT2D eigenvalue weighted by atomic mass is 10.1. The molecule has 2 rings (SSSR count). The van der Waals surface area contributed by atoms with Gasteiger partial charge in [0.15, 0.2) is 0 Å². The summed E-state index contributed by atoms with van der Waals surface area (Å²) in [7, 11) is -1.95. The van der Waals surface area contributed by atoms with E-state index in [4.69, 9.17) is 4.74 Å². The molecule has 0 aliphatic rings. The summed E-state index contributed by atoms with van der Waals surface area (Å²) in [5.74, 6) is 0.297. The molecule has 0 fully saturated rings. The van der Waals surface area contributed by atoms with Crippen LogP contribution in [0.3, 0.4) is 0 Å². The largest absolute Gasteiger partial charge is 0.497 e. The lowest BCUT2D eigenvalue weighted by Gasteiger charge is -2.29. The van der Waals surface area contributed by atoms with Gasteiger partial charge in [-0.3, -0.25) is 13.9 Å². The Kier molecular flexibility index (Phi) is 11.4. The molecule has 37 heavy (non-hydrogen) atoms. The fourth-order valence-corrected chi connectivity index (χ4v) is 5.03. The first-order chi connectivity index (χ1) is 17.5. The zero-order valence-electron chi connectivity index (χ0n) is 22.9. The van der Waals surface area contributed by atoms with Crippen LogP contribution >= 0.6 is 0 Å². The molecule has 2 aromatic rings. The second-order valence-electron chi connectivity index (χ2n) is 9.42. The second kappa shape index (κ2) is 14.0. The quantitative estimate of drug-likeness (QED) is 0.369. The van der Waals surface area contributed by atoms with Gasteiger partial charge in [-0.05, 0) is 68.5 Å². The molecule has 9 heteroatoms. The number of amides is 2. The van der Waals surface area contributed by atoms with Crippen LogP contribution in [0.4, 0.5) is 5.69 Å². The number of methoxy groups -OCH3 is 1. The van der Waals surface area contributed by atoms with Gasteiger partial charge in [-0.2, -0.15) is 0 Å². The molecule has 1 atom stereocenters. The van der Waals surface area contributed by atoms with Gasteiger partial charge in [0.05, 0.1) is 19.1 Å². The summed E-state index contributed by atoms with van der Waals surface area (Å²) in [6, 6.07) is 12.4. The first kappa shape index (κ1) is 30.2. The lowest BCUT2D eigenvalue weighted by Crippen LogP contribution is -2.48. The third kappa shape index (κ3) is 9.07. The molecule has 2 amide bonds. The van der Waals surface area contributed by atoms with Crippen LogP contribution in [-0.2, 0) is 26.2 Å². The molecule has 2 aromatic carbocycles. The molecule has 204 valence electrons. The van der Waals surface area contributed by atoms with Crippen LogP contribution in [0.15, 0.2) is 42.5 Å². The molecule has 0 spiro atoms. The van der Waals surface area contributed by atoms with Gasteiger partial charge >= 0.3 is 0 Å². The van der Waals surface area contributed by atoms with Gasteiger partial charge in [-0.15, -0.1) is 0 Å². The van der Waals surface area contributed by atoms with Gasteiger partial charge < -0.3 is 15.0 Å². The number of carbonyl (C=O) groups is 2. The molecule has 0 saturated carbocycles. The Balaban J connectivity index is 2.18. The number of nitrogens with zero attached hydrogens (tertiary/aromatic N) is 2. The highest BCUT2D eigenvalue weighted by atomic mass is 32.2. The Labute approximate surface area is 222 Å². The van der Waals surface area contributed by atoms with Crippen molar-refractivity contribution in [1.29, 1.82) is 0 Å². The number of ether oxygens (including phenoxy) is 1. The third-order valence-corrected chi connectivity index (χ3v) is 7.47. The first-order valence-electron chi connectivity index (χ1n) is 12.7. The van der Waals surface area contributed by atoms with Crippen LogP contribution in [-0.4, -0.2) is 57.6 Å². The van der Waals surface area contributed by atoms with Crippen molar-refractivity contribution in [3.63, 3.8) is 0 Å². The average Bonchev–Trinajstić information content (AvgIpc) is 2.86. The molecule has 0 bridgehead atoms. The number of benzene rings is 2. The fourth-order valence-electron chi connectivity index (χ4n) is 4.02. The molecular weight excluding hydrogens is 490 g/mol. The van der Waals surface area contributed by atoms with Crippen molar-refractivity contribution in [3.8, 4) is 5.75 Å². The Morgan fingerprint density at radius 1 is 1.05 bits per heavy atom. The zero-order valence-corrected chi connectivity index (χ0v) is 23.7. The Morgan fingerprint density at radius 2 is 1.73 bits per heavy atom. The Morgan fingerprint density at radius 3 is 2.32 bits per heavy atom. The summed E-state index contributed by atoms with van der Waals surface area (Å²) in [6.45, 7) is 8.54. The number of carbonyl (C=O) groups excluding carboxylic acids is 2. The topological polar surface area (TPSA) is 96.0 Å². The van der Waals surface area contributed by atoms with E-state index in [1.54, 1.807) is 18.9 Å².